The quantitative estimate of drug-likeness (QED) is 0.477. The van der Waals surface area contributed by atoms with E-state index in [1.54, 1.807) is 36.4 Å². The van der Waals surface area contributed by atoms with Crippen molar-refractivity contribution in [3.05, 3.63) is 92.2 Å². The number of amides is 1. The highest BCUT2D eigenvalue weighted by molar-refractivity contribution is 6.32. The standard InChI is InChI=1S/C23H17ClN4O4/c24-18-3-1-2-4-19(18)32-16-9-5-14(6-10-16)26-21(29)13-11-17-20(25-12-13)28(15-7-8-15)23(31)27-22(17)30/h1-6,9-12,15H,7-8H2,(H,26,29)(H,27,30,31). The van der Waals surface area contributed by atoms with Crippen molar-refractivity contribution in [1.82, 2.24) is 14.5 Å². The summed E-state index contributed by atoms with van der Waals surface area (Å²) in [5.74, 6) is 0.666. The van der Waals surface area contributed by atoms with Gasteiger partial charge in [0.1, 0.15) is 17.1 Å². The summed E-state index contributed by atoms with van der Waals surface area (Å²) in [5.41, 5.74) is -0.00310. The molecule has 2 heterocycles. The molecule has 1 saturated carbocycles. The van der Waals surface area contributed by atoms with Crippen LogP contribution in [0.3, 0.4) is 0 Å². The van der Waals surface area contributed by atoms with Crippen LogP contribution in [0.5, 0.6) is 11.5 Å². The first-order valence-electron chi connectivity index (χ1n) is 9.98. The fourth-order valence-corrected chi connectivity index (χ4v) is 3.57. The zero-order valence-corrected chi connectivity index (χ0v) is 17.4. The van der Waals surface area contributed by atoms with Gasteiger partial charge in [-0.3, -0.25) is 19.1 Å². The van der Waals surface area contributed by atoms with E-state index in [0.29, 0.717) is 27.9 Å². The number of aromatic amines is 1. The van der Waals surface area contributed by atoms with Crippen LogP contribution in [0.1, 0.15) is 29.2 Å². The highest BCUT2D eigenvalue weighted by atomic mass is 35.5. The number of fused-ring (bicyclic) bond motifs is 1. The average Bonchev–Trinajstić information content (AvgIpc) is 3.61. The first kappa shape index (κ1) is 20.0. The van der Waals surface area contributed by atoms with E-state index in [-0.39, 0.29) is 17.0 Å². The Labute approximate surface area is 186 Å². The molecule has 2 aromatic heterocycles. The number of para-hydroxylation sites is 1. The van der Waals surface area contributed by atoms with Gasteiger partial charge in [0, 0.05) is 17.9 Å². The number of nitrogens with one attached hydrogen (secondary N) is 2. The minimum Gasteiger partial charge on any atom is -0.456 e. The van der Waals surface area contributed by atoms with Crippen molar-refractivity contribution < 1.29 is 9.53 Å². The molecule has 1 aliphatic carbocycles. The number of pyridine rings is 1. The first-order valence-corrected chi connectivity index (χ1v) is 10.4. The second-order valence-electron chi connectivity index (χ2n) is 7.47. The molecular formula is C23H17ClN4O4. The van der Waals surface area contributed by atoms with Crippen molar-refractivity contribution in [3.63, 3.8) is 0 Å². The van der Waals surface area contributed by atoms with Gasteiger partial charge in [-0.15, -0.1) is 0 Å². The topological polar surface area (TPSA) is 106 Å². The lowest BCUT2D eigenvalue weighted by Gasteiger charge is -2.10. The van der Waals surface area contributed by atoms with Gasteiger partial charge in [-0.1, -0.05) is 23.7 Å². The highest BCUT2D eigenvalue weighted by Crippen LogP contribution is 2.34. The van der Waals surface area contributed by atoms with Crippen molar-refractivity contribution in [2.75, 3.05) is 5.32 Å². The van der Waals surface area contributed by atoms with Crippen LogP contribution in [0.4, 0.5) is 5.69 Å². The maximum atomic E-state index is 12.7. The second-order valence-corrected chi connectivity index (χ2v) is 7.87. The van der Waals surface area contributed by atoms with Crippen molar-refractivity contribution in [3.8, 4) is 11.5 Å². The van der Waals surface area contributed by atoms with Crippen molar-refractivity contribution in [2.45, 2.75) is 18.9 Å². The molecule has 0 bridgehead atoms. The molecule has 0 spiro atoms. The van der Waals surface area contributed by atoms with Gasteiger partial charge in [-0.2, -0.15) is 0 Å². The molecule has 0 radical (unpaired) electrons. The number of aromatic nitrogens is 3. The number of H-pyrrole nitrogens is 1. The molecule has 2 N–H and O–H groups in total. The highest BCUT2D eigenvalue weighted by Gasteiger charge is 2.27. The van der Waals surface area contributed by atoms with Gasteiger partial charge < -0.3 is 10.1 Å². The number of rotatable bonds is 5. The molecule has 1 fully saturated rings. The van der Waals surface area contributed by atoms with Crippen LogP contribution in [-0.4, -0.2) is 20.4 Å². The van der Waals surface area contributed by atoms with Crippen LogP contribution < -0.4 is 21.3 Å². The molecule has 160 valence electrons. The van der Waals surface area contributed by atoms with Gasteiger partial charge in [0.15, 0.2) is 0 Å². The Morgan fingerprint density at radius 2 is 1.88 bits per heavy atom. The van der Waals surface area contributed by atoms with E-state index in [1.165, 1.54) is 16.8 Å². The molecule has 9 heteroatoms. The summed E-state index contributed by atoms with van der Waals surface area (Å²) < 4.78 is 7.22. The van der Waals surface area contributed by atoms with E-state index in [4.69, 9.17) is 16.3 Å². The third-order valence-electron chi connectivity index (χ3n) is 5.13. The summed E-state index contributed by atoms with van der Waals surface area (Å²) in [7, 11) is 0. The number of anilines is 1. The minimum absolute atomic E-state index is 0.0422. The van der Waals surface area contributed by atoms with Gasteiger partial charge in [0.2, 0.25) is 0 Å². The third kappa shape index (κ3) is 3.88. The predicted molar refractivity (Wildman–Crippen MR) is 121 cm³/mol. The van der Waals surface area contributed by atoms with E-state index < -0.39 is 17.2 Å². The van der Waals surface area contributed by atoms with Gasteiger partial charge in [-0.25, -0.2) is 9.78 Å². The summed E-state index contributed by atoms with van der Waals surface area (Å²) >= 11 is 6.10. The molecule has 1 aliphatic rings. The number of hydrogen-bond acceptors (Lipinski definition) is 5. The van der Waals surface area contributed by atoms with E-state index in [0.717, 1.165) is 12.8 Å². The second kappa shape index (κ2) is 7.97. The largest absolute Gasteiger partial charge is 0.456 e. The zero-order chi connectivity index (χ0) is 22.2. The van der Waals surface area contributed by atoms with Crippen molar-refractivity contribution in [1.29, 1.82) is 0 Å². The Hall–Kier alpha value is -3.91. The van der Waals surface area contributed by atoms with Crippen LogP contribution in [0, 0.1) is 0 Å². The summed E-state index contributed by atoms with van der Waals surface area (Å²) in [6, 6.07) is 15.4. The molecule has 2 aromatic carbocycles. The lowest BCUT2D eigenvalue weighted by Crippen LogP contribution is -2.30. The Morgan fingerprint density at radius 3 is 2.59 bits per heavy atom. The van der Waals surface area contributed by atoms with E-state index in [2.05, 4.69) is 15.3 Å². The lowest BCUT2D eigenvalue weighted by atomic mass is 10.2. The van der Waals surface area contributed by atoms with Crippen LogP contribution in [0.25, 0.3) is 11.0 Å². The third-order valence-corrected chi connectivity index (χ3v) is 5.44. The Morgan fingerprint density at radius 1 is 1.12 bits per heavy atom. The monoisotopic (exact) mass is 448 g/mol. The number of carbonyl (C=O) groups excluding carboxylic acids is 1. The first-order chi connectivity index (χ1) is 15.5. The summed E-state index contributed by atoms with van der Waals surface area (Å²) in [6.45, 7) is 0. The van der Waals surface area contributed by atoms with Gasteiger partial charge in [0.25, 0.3) is 11.5 Å². The summed E-state index contributed by atoms with van der Waals surface area (Å²) in [6.07, 6.45) is 3.09. The molecule has 32 heavy (non-hydrogen) atoms. The smallest absolute Gasteiger partial charge is 0.330 e. The Kier molecular flexibility index (Phi) is 4.99. The number of benzene rings is 2. The molecule has 0 aliphatic heterocycles. The maximum Gasteiger partial charge on any atom is 0.330 e. The molecule has 5 rings (SSSR count). The number of nitrogens with zero attached hydrogens (tertiary/aromatic N) is 2. The molecule has 1 amide bonds. The maximum absolute atomic E-state index is 12.7. The molecule has 0 atom stereocenters. The minimum atomic E-state index is -0.565. The van der Waals surface area contributed by atoms with Crippen LogP contribution in [0.15, 0.2) is 70.4 Å². The van der Waals surface area contributed by atoms with E-state index >= 15 is 0 Å². The van der Waals surface area contributed by atoms with Crippen LogP contribution in [-0.2, 0) is 0 Å². The number of halogens is 1. The normalized spacial score (nSPS) is 13.2. The molecule has 0 saturated heterocycles. The van der Waals surface area contributed by atoms with Crippen LogP contribution >= 0.6 is 11.6 Å². The van der Waals surface area contributed by atoms with Crippen LogP contribution in [0.2, 0.25) is 5.02 Å². The Balaban J connectivity index is 1.36. The fraction of sp³-hybridized carbons (Fsp3) is 0.130. The van der Waals surface area contributed by atoms with Crippen molar-refractivity contribution in [2.24, 2.45) is 0 Å². The van der Waals surface area contributed by atoms with Gasteiger partial charge >= 0.3 is 5.69 Å². The molecule has 0 unspecified atom stereocenters. The number of ether oxygens (including phenoxy) is 1. The molecular weight excluding hydrogens is 432 g/mol. The van der Waals surface area contributed by atoms with Crippen molar-refractivity contribution >= 4 is 34.2 Å². The predicted octanol–water partition coefficient (Wildman–Crippen LogP) is 4.12. The van der Waals surface area contributed by atoms with E-state index in [9.17, 15) is 14.4 Å². The zero-order valence-electron chi connectivity index (χ0n) is 16.7. The Bertz CT molecular complexity index is 1460. The lowest BCUT2D eigenvalue weighted by molar-refractivity contribution is 0.102. The van der Waals surface area contributed by atoms with E-state index in [1.807, 2.05) is 12.1 Å². The van der Waals surface area contributed by atoms with Gasteiger partial charge in [0.05, 0.1) is 16.0 Å². The number of carbonyl (C=O) groups is 1. The SMILES string of the molecule is O=C(Nc1ccc(Oc2ccccc2Cl)cc1)c1cnc2c(c1)c(=O)[nH]c(=O)n2C1CC1. The fourth-order valence-electron chi connectivity index (χ4n) is 3.40. The molecule has 8 nitrogen and oxygen atoms in total. The average molecular weight is 449 g/mol. The number of hydrogen-bond donors (Lipinski definition) is 2. The molecule has 4 aromatic rings. The van der Waals surface area contributed by atoms with Gasteiger partial charge in [-0.05, 0) is 55.3 Å². The summed E-state index contributed by atoms with van der Waals surface area (Å²) in [5, 5.41) is 3.46. The summed E-state index contributed by atoms with van der Waals surface area (Å²) in [4.78, 5) is 43.7.